The van der Waals surface area contributed by atoms with Crippen molar-refractivity contribution in [2.75, 3.05) is 24.0 Å². The van der Waals surface area contributed by atoms with Crippen molar-refractivity contribution < 1.29 is 16.8 Å². The van der Waals surface area contributed by atoms with Gasteiger partial charge in [-0.05, 0) is 18.3 Å². The van der Waals surface area contributed by atoms with Crippen molar-refractivity contribution in [2.24, 2.45) is 5.41 Å². The topological polar surface area (TPSA) is 68.3 Å². The summed E-state index contributed by atoms with van der Waals surface area (Å²) in [6.45, 7) is 0. The van der Waals surface area contributed by atoms with E-state index in [9.17, 15) is 16.8 Å². The number of hydrogen-bond donors (Lipinski definition) is 0. The highest BCUT2D eigenvalue weighted by Crippen LogP contribution is 2.38. The van der Waals surface area contributed by atoms with E-state index in [0.717, 1.165) is 19.3 Å². The zero-order valence-corrected chi connectivity index (χ0v) is 11.5. The first kappa shape index (κ1) is 14.0. The number of rotatable bonds is 4. The van der Waals surface area contributed by atoms with E-state index in [1.54, 1.807) is 0 Å². The molecule has 96 valence electrons. The highest BCUT2D eigenvalue weighted by Gasteiger charge is 2.38. The molecule has 0 aromatic carbocycles. The fourth-order valence-corrected chi connectivity index (χ4v) is 5.88. The molecule has 0 aromatic rings. The van der Waals surface area contributed by atoms with E-state index in [1.807, 2.05) is 0 Å². The van der Waals surface area contributed by atoms with Gasteiger partial charge in [-0.15, -0.1) is 0 Å². The summed E-state index contributed by atoms with van der Waals surface area (Å²) in [5.74, 6) is 0.0140. The lowest BCUT2D eigenvalue weighted by molar-refractivity contribution is 0.250. The van der Waals surface area contributed by atoms with Crippen LogP contribution in [0.3, 0.4) is 0 Å². The van der Waals surface area contributed by atoms with Gasteiger partial charge in [0.2, 0.25) is 0 Å². The van der Waals surface area contributed by atoms with Gasteiger partial charge in [-0.1, -0.05) is 19.3 Å². The molecular weight excluding hydrogens is 248 g/mol. The molecule has 0 aliphatic heterocycles. The van der Waals surface area contributed by atoms with Crippen molar-refractivity contribution in [3.63, 3.8) is 0 Å². The minimum Gasteiger partial charge on any atom is -0.229 e. The first-order chi connectivity index (χ1) is 7.12. The maximum Gasteiger partial charge on any atom is 0.148 e. The maximum absolute atomic E-state index is 11.4. The third kappa shape index (κ3) is 4.82. The van der Waals surface area contributed by atoms with E-state index in [0.29, 0.717) is 12.8 Å². The van der Waals surface area contributed by atoms with Crippen LogP contribution in [0, 0.1) is 5.41 Å². The fourth-order valence-electron chi connectivity index (χ4n) is 2.74. The van der Waals surface area contributed by atoms with Crippen LogP contribution in [0.4, 0.5) is 0 Å². The second-order valence-electron chi connectivity index (χ2n) is 5.20. The number of sulfone groups is 2. The Morgan fingerprint density at radius 3 is 1.50 bits per heavy atom. The van der Waals surface area contributed by atoms with Crippen molar-refractivity contribution >= 4 is 19.7 Å². The molecule has 1 saturated carbocycles. The highest BCUT2D eigenvalue weighted by molar-refractivity contribution is 7.91. The van der Waals surface area contributed by atoms with Crippen LogP contribution in [0.25, 0.3) is 0 Å². The summed E-state index contributed by atoms with van der Waals surface area (Å²) >= 11 is 0. The third-order valence-electron chi connectivity index (χ3n) is 3.05. The van der Waals surface area contributed by atoms with Crippen LogP contribution in [-0.2, 0) is 19.7 Å². The van der Waals surface area contributed by atoms with E-state index < -0.39 is 25.1 Å². The van der Waals surface area contributed by atoms with Gasteiger partial charge >= 0.3 is 0 Å². The lowest BCUT2D eigenvalue weighted by Gasteiger charge is -2.35. The highest BCUT2D eigenvalue weighted by atomic mass is 32.2. The average molecular weight is 268 g/mol. The summed E-state index contributed by atoms with van der Waals surface area (Å²) in [5.41, 5.74) is -0.528. The van der Waals surface area contributed by atoms with Gasteiger partial charge in [0.05, 0.1) is 11.5 Å². The first-order valence-corrected chi connectivity index (χ1v) is 9.60. The Morgan fingerprint density at radius 1 is 0.812 bits per heavy atom. The maximum atomic E-state index is 11.4. The summed E-state index contributed by atoms with van der Waals surface area (Å²) in [6.07, 6.45) is 6.75. The summed E-state index contributed by atoms with van der Waals surface area (Å²) in [6, 6.07) is 0. The molecule has 0 N–H and O–H groups in total. The van der Waals surface area contributed by atoms with Gasteiger partial charge in [0.25, 0.3) is 0 Å². The molecule has 0 amide bonds. The molecule has 6 heteroatoms. The van der Waals surface area contributed by atoms with Gasteiger partial charge in [-0.3, -0.25) is 0 Å². The largest absolute Gasteiger partial charge is 0.229 e. The predicted octanol–water partition coefficient (Wildman–Crippen LogP) is 1.03. The van der Waals surface area contributed by atoms with Gasteiger partial charge in [0.1, 0.15) is 19.7 Å². The molecule has 4 nitrogen and oxygen atoms in total. The van der Waals surface area contributed by atoms with Crippen molar-refractivity contribution in [2.45, 2.75) is 32.1 Å². The average Bonchev–Trinajstić information content (AvgIpc) is 1.97. The van der Waals surface area contributed by atoms with Crippen molar-refractivity contribution in [1.82, 2.24) is 0 Å². The van der Waals surface area contributed by atoms with Crippen LogP contribution >= 0.6 is 0 Å². The molecule has 1 rings (SSSR count). The van der Waals surface area contributed by atoms with Gasteiger partial charge in [0, 0.05) is 12.5 Å². The van der Waals surface area contributed by atoms with Crippen LogP contribution < -0.4 is 0 Å². The third-order valence-corrected chi connectivity index (χ3v) is 5.32. The lowest BCUT2D eigenvalue weighted by atomic mass is 9.77. The van der Waals surface area contributed by atoms with E-state index in [2.05, 4.69) is 0 Å². The van der Waals surface area contributed by atoms with E-state index in [1.165, 1.54) is 12.5 Å². The molecule has 0 saturated heterocycles. The Balaban J connectivity index is 2.92. The molecule has 0 heterocycles. The smallest absolute Gasteiger partial charge is 0.148 e. The Bertz CT molecular complexity index is 391. The SMILES string of the molecule is CS(=O)(=O)CC1(CS(C)(=O)=O)CCCCC1. The van der Waals surface area contributed by atoms with Crippen molar-refractivity contribution in [3.8, 4) is 0 Å². The summed E-state index contributed by atoms with van der Waals surface area (Å²) in [4.78, 5) is 0. The summed E-state index contributed by atoms with van der Waals surface area (Å²) < 4.78 is 45.6. The zero-order valence-electron chi connectivity index (χ0n) is 9.90. The Labute approximate surface area is 98.3 Å². The van der Waals surface area contributed by atoms with Gasteiger partial charge in [-0.25, -0.2) is 16.8 Å². The molecule has 0 spiro atoms. The van der Waals surface area contributed by atoms with Gasteiger partial charge in [-0.2, -0.15) is 0 Å². The Kier molecular flexibility index (Phi) is 4.05. The first-order valence-electron chi connectivity index (χ1n) is 5.47. The quantitative estimate of drug-likeness (QED) is 0.763. The zero-order chi connectivity index (χ0) is 12.4. The second-order valence-corrected chi connectivity index (χ2v) is 9.48. The lowest BCUT2D eigenvalue weighted by Crippen LogP contribution is -2.38. The Morgan fingerprint density at radius 2 is 1.19 bits per heavy atom. The second kappa shape index (κ2) is 4.64. The predicted molar refractivity (Wildman–Crippen MR) is 64.9 cm³/mol. The van der Waals surface area contributed by atoms with E-state index in [4.69, 9.17) is 0 Å². The van der Waals surface area contributed by atoms with Crippen molar-refractivity contribution in [1.29, 1.82) is 0 Å². The molecule has 1 aliphatic rings. The van der Waals surface area contributed by atoms with Crippen LogP contribution in [0.5, 0.6) is 0 Å². The van der Waals surface area contributed by atoms with E-state index >= 15 is 0 Å². The molecule has 0 atom stereocenters. The molecule has 0 bridgehead atoms. The monoisotopic (exact) mass is 268 g/mol. The summed E-state index contributed by atoms with van der Waals surface area (Å²) in [5, 5.41) is 0. The van der Waals surface area contributed by atoms with Gasteiger partial charge < -0.3 is 0 Å². The molecule has 0 unspecified atom stereocenters. The molecule has 1 aliphatic carbocycles. The molecular formula is C10H20O4S2. The van der Waals surface area contributed by atoms with E-state index in [-0.39, 0.29) is 11.5 Å². The summed E-state index contributed by atoms with van der Waals surface area (Å²) in [7, 11) is -6.24. The molecule has 1 fully saturated rings. The van der Waals surface area contributed by atoms with Crippen LogP contribution in [-0.4, -0.2) is 40.9 Å². The Hall–Kier alpha value is -0.100. The molecule has 0 radical (unpaired) electrons. The molecule has 16 heavy (non-hydrogen) atoms. The minimum atomic E-state index is -3.12. The fraction of sp³-hybridized carbons (Fsp3) is 1.00. The van der Waals surface area contributed by atoms with Crippen molar-refractivity contribution in [3.05, 3.63) is 0 Å². The normalized spacial score (nSPS) is 21.9. The van der Waals surface area contributed by atoms with Crippen LogP contribution in [0.15, 0.2) is 0 Å². The molecule has 0 aromatic heterocycles. The minimum absolute atomic E-state index is 0.00701. The number of hydrogen-bond acceptors (Lipinski definition) is 4. The van der Waals surface area contributed by atoms with Crippen LogP contribution in [0.2, 0.25) is 0 Å². The van der Waals surface area contributed by atoms with Crippen LogP contribution in [0.1, 0.15) is 32.1 Å². The van der Waals surface area contributed by atoms with Gasteiger partial charge in [0.15, 0.2) is 0 Å². The standard InChI is InChI=1S/C10H20O4S2/c1-15(11,12)8-10(9-16(2,13)14)6-4-3-5-7-10/h3-9H2,1-2H3.